The van der Waals surface area contributed by atoms with Crippen LogP contribution in [0.1, 0.15) is 39.2 Å². The highest BCUT2D eigenvalue weighted by molar-refractivity contribution is 5.58. The summed E-state index contributed by atoms with van der Waals surface area (Å²) in [5.74, 6) is 1.70. The lowest BCUT2D eigenvalue weighted by Crippen LogP contribution is -2.13. The molecule has 0 aliphatic carbocycles. The van der Waals surface area contributed by atoms with Crippen molar-refractivity contribution in [2.45, 2.75) is 40.5 Å². The van der Waals surface area contributed by atoms with Crippen LogP contribution in [0.5, 0.6) is 5.75 Å². The molecule has 2 heteroatoms. The third kappa shape index (κ3) is 4.29. The van der Waals surface area contributed by atoms with Crippen molar-refractivity contribution in [2.24, 2.45) is 5.92 Å². The Labute approximate surface area is 105 Å². The molecule has 0 aliphatic rings. The zero-order valence-corrected chi connectivity index (χ0v) is 11.5. The van der Waals surface area contributed by atoms with Crippen molar-refractivity contribution in [1.82, 2.24) is 0 Å². The summed E-state index contributed by atoms with van der Waals surface area (Å²) >= 11 is 0. The molecule has 0 saturated carbocycles. The summed E-state index contributed by atoms with van der Waals surface area (Å²) < 4.78 is 5.63. The van der Waals surface area contributed by atoms with Gasteiger partial charge in [0.1, 0.15) is 5.75 Å². The van der Waals surface area contributed by atoms with Gasteiger partial charge in [-0.1, -0.05) is 32.8 Å². The van der Waals surface area contributed by atoms with Gasteiger partial charge in [0.05, 0.1) is 12.3 Å². The monoisotopic (exact) mass is 235 g/mol. The van der Waals surface area contributed by atoms with Crippen molar-refractivity contribution in [3.8, 4) is 5.75 Å². The standard InChI is InChI=1S/C15H25NO/c1-5-13(6-2)11-16-14-10-12(4)8-9-15(14)17-7-3/h8-10,13,16H,5-7,11H2,1-4H3. The zero-order valence-electron chi connectivity index (χ0n) is 11.5. The first-order chi connectivity index (χ1) is 8.21. The average molecular weight is 235 g/mol. The smallest absolute Gasteiger partial charge is 0.142 e. The highest BCUT2D eigenvalue weighted by atomic mass is 16.5. The van der Waals surface area contributed by atoms with Crippen LogP contribution in [0, 0.1) is 12.8 Å². The Balaban J connectivity index is 2.70. The van der Waals surface area contributed by atoms with E-state index < -0.39 is 0 Å². The van der Waals surface area contributed by atoms with E-state index in [0.717, 1.165) is 23.9 Å². The van der Waals surface area contributed by atoms with Gasteiger partial charge >= 0.3 is 0 Å². The lowest BCUT2D eigenvalue weighted by atomic mass is 10.0. The number of hydrogen-bond donors (Lipinski definition) is 1. The fourth-order valence-corrected chi connectivity index (χ4v) is 1.89. The van der Waals surface area contributed by atoms with Crippen LogP contribution in [-0.4, -0.2) is 13.2 Å². The summed E-state index contributed by atoms with van der Waals surface area (Å²) in [5.41, 5.74) is 2.39. The first-order valence-corrected chi connectivity index (χ1v) is 6.68. The third-order valence-electron chi connectivity index (χ3n) is 3.17. The number of hydrogen-bond acceptors (Lipinski definition) is 2. The number of aryl methyl sites for hydroxylation is 1. The Morgan fingerprint density at radius 1 is 1.18 bits per heavy atom. The Kier molecular flexibility index (Phi) is 5.88. The van der Waals surface area contributed by atoms with E-state index >= 15 is 0 Å². The van der Waals surface area contributed by atoms with E-state index in [2.05, 4.69) is 38.2 Å². The van der Waals surface area contributed by atoms with Crippen molar-refractivity contribution in [3.63, 3.8) is 0 Å². The van der Waals surface area contributed by atoms with Crippen LogP contribution in [0.3, 0.4) is 0 Å². The fourth-order valence-electron chi connectivity index (χ4n) is 1.89. The molecule has 0 aliphatic heterocycles. The second-order valence-electron chi connectivity index (χ2n) is 4.50. The summed E-state index contributed by atoms with van der Waals surface area (Å²) in [5, 5.41) is 3.52. The lowest BCUT2D eigenvalue weighted by molar-refractivity contribution is 0.341. The predicted octanol–water partition coefficient (Wildman–Crippen LogP) is 4.24. The zero-order chi connectivity index (χ0) is 12.7. The molecule has 17 heavy (non-hydrogen) atoms. The number of anilines is 1. The minimum Gasteiger partial charge on any atom is -0.492 e. The summed E-state index contributed by atoms with van der Waals surface area (Å²) in [4.78, 5) is 0. The topological polar surface area (TPSA) is 21.3 Å². The van der Waals surface area contributed by atoms with Gasteiger partial charge in [-0.25, -0.2) is 0 Å². The molecule has 2 nitrogen and oxygen atoms in total. The number of ether oxygens (including phenoxy) is 1. The molecule has 0 saturated heterocycles. The molecule has 0 spiro atoms. The van der Waals surface area contributed by atoms with E-state index in [1.807, 2.05) is 13.0 Å². The van der Waals surface area contributed by atoms with Gasteiger partial charge in [-0.05, 0) is 37.5 Å². The number of rotatable bonds is 7. The third-order valence-corrected chi connectivity index (χ3v) is 3.17. The minimum absolute atomic E-state index is 0.711. The van der Waals surface area contributed by atoms with Gasteiger partial charge in [-0.3, -0.25) is 0 Å². The van der Waals surface area contributed by atoms with Crippen LogP contribution in [-0.2, 0) is 0 Å². The van der Waals surface area contributed by atoms with E-state index in [-0.39, 0.29) is 0 Å². The molecule has 0 fully saturated rings. The van der Waals surface area contributed by atoms with E-state index in [9.17, 15) is 0 Å². The molecule has 0 radical (unpaired) electrons. The molecular weight excluding hydrogens is 210 g/mol. The SMILES string of the molecule is CCOc1ccc(C)cc1NCC(CC)CC. The van der Waals surface area contributed by atoms with Gasteiger partial charge in [0, 0.05) is 6.54 Å². The van der Waals surface area contributed by atoms with Gasteiger partial charge in [-0.2, -0.15) is 0 Å². The van der Waals surface area contributed by atoms with Crippen LogP contribution < -0.4 is 10.1 Å². The first-order valence-electron chi connectivity index (χ1n) is 6.68. The summed E-state index contributed by atoms with van der Waals surface area (Å²) in [6, 6.07) is 6.30. The average Bonchev–Trinajstić information content (AvgIpc) is 2.34. The molecule has 0 amide bonds. The minimum atomic E-state index is 0.711. The van der Waals surface area contributed by atoms with Crippen LogP contribution in [0.25, 0.3) is 0 Å². The predicted molar refractivity (Wildman–Crippen MR) is 74.9 cm³/mol. The summed E-state index contributed by atoms with van der Waals surface area (Å²) in [7, 11) is 0. The fraction of sp³-hybridized carbons (Fsp3) is 0.600. The number of benzene rings is 1. The molecule has 1 aromatic carbocycles. The molecule has 0 atom stereocenters. The molecule has 0 bridgehead atoms. The Morgan fingerprint density at radius 3 is 2.47 bits per heavy atom. The van der Waals surface area contributed by atoms with Crippen molar-refractivity contribution < 1.29 is 4.74 Å². The maximum atomic E-state index is 5.63. The first kappa shape index (κ1) is 13.9. The van der Waals surface area contributed by atoms with Crippen LogP contribution in [0.15, 0.2) is 18.2 Å². The molecule has 96 valence electrons. The van der Waals surface area contributed by atoms with Gasteiger partial charge in [0.2, 0.25) is 0 Å². The Hall–Kier alpha value is -1.18. The summed E-state index contributed by atoms with van der Waals surface area (Å²) in [6.45, 7) is 10.4. The molecule has 0 unspecified atom stereocenters. The second-order valence-corrected chi connectivity index (χ2v) is 4.50. The van der Waals surface area contributed by atoms with Crippen LogP contribution in [0.4, 0.5) is 5.69 Å². The van der Waals surface area contributed by atoms with Gasteiger partial charge < -0.3 is 10.1 Å². The van der Waals surface area contributed by atoms with Crippen molar-refractivity contribution >= 4 is 5.69 Å². The van der Waals surface area contributed by atoms with Crippen LogP contribution in [0.2, 0.25) is 0 Å². The molecule has 1 N–H and O–H groups in total. The second kappa shape index (κ2) is 7.21. The molecule has 0 aromatic heterocycles. The van der Waals surface area contributed by atoms with Gasteiger partial charge in [-0.15, -0.1) is 0 Å². The van der Waals surface area contributed by atoms with E-state index in [1.165, 1.54) is 18.4 Å². The Morgan fingerprint density at radius 2 is 1.88 bits per heavy atom. The lowest BCUT2D eigenvalue weighted by Gasteiger charge is -2.17. The normalized spacial score (nSPS) is 10.6. The highest BCUT2D eigenvalue weighted by Gasteiger charge is 2.07. The van der Waals surface area contributed by atoms with Gasteiger partial charge in [0.15, 0.2) is 0 Å². The Bertz CT molecular complexity index is 332. The van der Waals surface area contributed by atoms with E-state index in [1.54, 1.807) is 0 Å². The molecule has 1 rings (SSSR count). The summed E-state index contributed by atoms with van der Waals surface area (Å²) in [6.07, 6.45) is 2.44. The van der Waals surface area contributed by atoms with E-state index in [4.69, 9.17) is 4.74 Å². The largest absolute Gasteiger partial charge is 0.492 e. The van der Waals surface area contributed by atoms with E-state index in [0.29, 0.717) is 6.61 Å². The highest BCUT2D eigenvalue weighted by Crippen LogP contribution is 2.26. The maximum Gasteiger partial charge on any atom is 0.142 e. The number of nitrogens with one attached hydrogen (secondary N) is 1. The molecular formula is C15H25NO. The van der Waals surface area contributed by atoms with Crippen LogP contribution >= 0.6 is 0 Å². The van der Waals surface area contributed by atoms with Gasteiger partial charge in [0.25, 0.3) is 0 Å². The van der Waals surface area contributed by atoms with Crippen molar-refractivity contribution in [3.05, 3.63) is 23.8 Å². The molecule has 0 heterocycles. The van der Waals surface area contributed by atoms with Crippen molar-refractivity contribution in [1.29, 1.82) is 0 Å². The molecule has 1 aromatic rings. The quantitative estimate of drug-likeness (QED) is 0.763. The van der Waals surface area contributed by atoms with Crippen molar-refractivity contribution in [2.75, 3.05) is 18.5 Å². The maximum absolute atomic E-state index is 5.63.